The van der Waals surface area contributed by atoms with E-state index in [0.29, 0.717) is 5.41 Å². The zero-order valence-electron chi connectivity index (χ0n) is 11.9. The van der Waals surface area contributed by atoms with Crippen LogP contribution >= 0.6 is 0 Å². The third-order valence-corrected chi connectivity index (χ3v) is 5.88. The van der Waals surface area contributed by atoms with Crippen LogP contribution in [0.3, 0.4) is 0 Å². The Hall–Kier alpha value is -0.0800. The standard InChI is InChI=1S/C16H29NO/c1-2-17-12-16(5-7-18-8-6-16)11-15-10-13-3-4-14(15)9-13/h13-15,17H,2-12H2,1H3. The van der Waals surface area contributed by atoms with E-state index in [1.165, 1.54) is 38.6 Å². The van der Waals surface area contributed by atoms with Crippen molar-refractivity contribution in [2.45, 2.75) is 51.9 Å². The molecule has 2 nitrogen and oxygen atoms in total. The SMILES string of the molecule is CCNCC1(CC2CC3CCC2C3)CCOCC1. The van der Waals surface area contributed by atoms with Crippen molar-refractivity contribution >= 4 is 0 Å². The Kier molecular flexibility index (Phi) is 3.95. The zero-order chi connectivity index (χ0) is 12.4. The summed E-state index contributed by atoms with van der Waals surface area (Å²) >= 11 is 0. The van der Waals surface area contributed by atoms with Crippen LogP contribution in [-0.2, 0) is 4.74 Å². The average molecular weight is 251 g/mol. The number of rotatable bonds is 5. The van der Waals surface area contributed by atoms with Crippen molar-refractivity contribution in [3.63, 3.8) is 0 Å². The van der Waals surface area contributed by atoms with Crippen LogP contribution in [0.4, 0.5) is 0 Å². The minimum atomic E-state index is 0.559. The smallest absolute Gasteiger partial charge is 0.0471 e. The molecule has 0 aromatic carbocycles. The average Bonchev–Trinajstić information content (AvgIpc) is 3.00. The molecule has 0 aromatic rings. The highest BCUT2D eigenvalue weighted by Gasteiger charge is 2.44. The van der Waals surface area contributed by atoms with Gasteiger partial charge in [-0.25, -0.2) is 0 Å². The Morgan fingerprint density at radius 3 is 2.61 bits per heavy atom. The van der Waals surface area contributed by atoms with Gasteiger partial charge in [-0.1, -0.05) is 13.3 Å². The van der Waals surface area contributed by atoms with Gasteiger partial charge in [-0.3, -0.25) is 0 Å². The van der Waals surface area contributed by atoms with Crippen LogP contribution in [0.25, 0.3) is 0 Å². The monoisotopic (exact) mass is 251 g/mol. The molecule has 18 heavy (non-hydrogen) atoms. The highest BCUT2D eigenvalue weighted by molar-refractivity contribution is 4.95. The van der Waals surface area contributed by atoms with E-state index in [1.807, 2.05) is 0 Å². The lowest BCUT2D eigenvalue weighted by atomic mass is 9.70. The minimum Gasteiger partial charge on any atom is -0.381 e. The van der Waals surface area contributed by atoms with Gasteiger partial charge in [0.05, 0.1) is 0 Å². The van der Waals surface area contributed by atoms with E-state index in [-0.39, 0.29) is 0 Å². The summed E-state index contributed by atoms with van der Waals surface area (Å²) in [6, 6.07) is 0. The Morgan fingerprint density at radius 1 is 1.17 bits per heavy atom. The van der Waals surface area contributed by atoms with E-state index >= 15 is 0 Å². The summed E-state index contributed by atoms with van der Waals surface area (Å²) < 4.78 is 5.60. The first-order valence-electron chi connectivity index (χ1n) is 8.10. The van der Waals surface area contributed by atoms with Crippen molar-refractivity contribution in [1.82, 2.24) is 5.32 Å². The predicted octanol–water partition coefficient (Wildman–Crippen LogP) is 3.22. The van der Waals surface area contributed by atoms with Crippen molar-refractivity contribution in [3.05, 3.63) is 0 Å². The normalized spacial score (nSPS) is 38.2. The van der Waals surface area contributed by atoms with Gasteiger partial charge in [0, 0.05) is 19.8 Å². The third-order valence-electron chi connectivity index (χ3n) is 5.88. The van der Waals surface area contributed by atoms with Gasteiger partial charge in [0.2, 0.25) is 0 Å². The topological polar surface area (TPSA) is 21.3 Å². The number of hydrogen-bond acceptors (Lipinski definition) is 2. The molecule has 2 aliphatic carbocycles. The van der Waals surface area contributed by atoms with Crippen LogP contribution in [0, 0.1) is 23.2 Å². The number of hydrogen-bond donors (Lipinski definition) is 1. The molecular weight excluding hydrogens is 222 g/mol. The number of nitrogens with one attached hydrogen (secondary N) is 1. The van der Waals surface area contributed by atoms with Crippen molar-refractivity contribution in [1.29, 1.82) is 0 Å². The Morgan fingerprint density at radius 2 is 2.00 bits per heavy atom. The Labute approximate surface area is 112 Å². The third kappa shape index (κ3) is 2.60. The second-order valence-electron chi connectivity index (χ2n) is 7.03. The van der Waals surface area contributed by atoms with Crippen molar-refractivity contribution in [2.75, 3.05) is 26.3 Å². The van der Waals surface area contributed by atoms with E-state index in [2.05, 4.69) is 12.2 Å². The molecule has 3 atom stereocenters. The molecule has 1 saturated heterocycles. The lowest BCUT2D eigenvalue weighted by Gasteiger charge is -2.41. The number of fused-ring (bicyclic) bond motifs is 2. The molecule has 0 spiro atoms. The lowest BCUT2D eigenvalue weighted by molar-refractivity contribution is -0.00223. The molecule has 2 bridgehead atoms. The fourth-order valence-electron chi connectivity index (χ4n) is 4.83. The predicted molar refractivity (Wildman–Crippen MR) is 74.6 cm³/mol. The fourth-order valence-corrected chi connectivity index (χ4v) is 4.83. The second-order valence-corrected chi connectivity index (χ2v) is 7.03. The molecule has 0 amide bonds. The summed E-state index contributed by atoms with van der Waals surface area (Å²) in [4.78, 5) is 0. The largest absolute Gasteiger partial charge is 0.381 e. The highest BCUT2D eigenvalue weighted by Crippen LogP contribution is 2.53. The Bertz CT molecular complexity index is 272. The first-order valence-corrected chi connectivity index (χ1v) is 8.10. The second kappa shape index (κ2) is 5.50. The lowest BCUT2D eigenvalue weighted by Crippen LogP contribution is -2.41. The summed E-state index contributed by atoms with van der Waals surface area (Å²) in [6.07, 6.45) is 10.2. The van der Waals surface area contributed by atoms with Gasteiger partial charge >= 0.3 is 0 Å². The summed E-state index contributed by atoms with van der Waals surface area (Å²) in [5.74, 6) is 3.22. The first kappa shape index (κ1) is 12.9. The maximum Gasteiger partial charge on any atom is 0.0471 e. The maximum absolute atomic E-state index is 5.60. The highest BCUT2D eigenvalue weighted by atomic mass is 16.5. The van der Waals surface area contributed by atoms with Crippen molar-refractivity contribution < 1.29 is 4.74 Å². The van der Waals surface area contributed by atoms with Gasteiger partial charge in [0.15, 0.2) is 0 Å². The molecule has 1 heterocycles. The maximum atomic E-state index is 5.60. The molecule has 0 radical (unpaired) electrons. The molecule has 3 aliphatic rings. The molecule has 3 rings (SSSR count). The van der Waals surface area contributed by atoms with Crippen LogP contribution in [0.2, 0.25) is 0 Å². The van der Waals surface area contributed by atoms with Crippen molar-refractivity contribution in [3.8, 4) is 0 Å². The van der Waals surface area contributed by atoms with E-state index in [9.17, 15) is 0 Å². The van der Waals surface area contributed by atoms with E-state index in [4.69, 9.17) is 4.74 Å². The molecule has 104 valence electrons. The number of ether oxygens (including phenoxy) is 1. The molecule has 3 unspecified atom stereocenters. The molecule has 3 fully saturated rings. The van der Waals surface area contributed by atoms with Crippen LogP contribution in [0.5, 0.6) is 0 Å². The van der Waals surface area contributed by atoms with Gasteiger partial charge in [-0.15, -0.1) is 0 Å². The van der Waals surface area contributed by atoms with E-state index in [0.717, 1.165) is 37.5 Å². The molecule has 1 N–H and O–H groups in total. The van der Waals surface area contributed by atoms with Crippen LogP contribution in [-0.4, -0.2) is 26.3 Å². The fraction of sp³-hybridized carbons (Fsp3) is 1.00. The van der Waals surface area contributed by atoms with Crippen LogP contribution < -0.4 is 5.32 Å². The van der Waals surface area contributed by atoms with Crippen LogP contribution in [0.1, 0.15) is 51.9 Å². The van der Waals surface area contributed by atoms with Gasteiger partial charge in [0.25, 0.3) is 0 Å². The first-order chi connectivity index (χ1) is 8.81. The molecule has 1 aliphatic heterocycles. The van der Waals surface area contributed by atoms with E-state index in [1.54, 1.807) is 12.8 Å². The molecule has 2 saturated carbocycles. The van der Waals surface area contributed by atoms with Crippen LogP contribution in [0.15, 0.2) is 0 Å². The summed E-state index contributed by atoms with van der Waals surface area (Å²) in [6.45, 7) is 6.54. The van der Waals surface area contributed by atoms with Gasteiger partial charge in [-0.2, -0.15) is 0 Å². The minimum absolute atomic E-state index is 0.559. The Balaban J connectivity index is 1.61. The molecule has 2 heteroatoms. The van der Waals surface area contributed by atoms with Crippen molar-refractivity contribution in [2.24, 2.45) is 23.2 Å². The van der Waals surface area contributed by atoms with Gasteiger partial charge < -0.3 is 10.1 Å². The summed E-state index contributed by atoms with van der Waals surface area (Å²) in [5, 5.41) is 3.62. The molecular formula is C16H29NO. The quantitative estimate of drug-likeness (QED) is 0.810. The molecule has 0 aromatic heterocycles. The summed E-state index contributed by atoms with van der Waals surface area (Å²) in [7, 11) is 0. The van der Waals surface area contributed by atoms with Gasteiger partial charge in [0.1, 0.15) is 0 Å². The summed E-state index contributed by atoms with van der Waals surface area (Å²) in [5.41, 5.74) is 0.559. The van der Waals surface area contributed by atoms with E-state index < -0.39 is 0 Å². The van der Waals surface area contributed by atoms with Gasteiger partial charge in [-0.05, 0) is 68.2 Å². The zero-order valence-corrected chi connectivity index (χ0v) is 11.9.